The molecule has 0 saturated heterocycles. The number of ether oxygens (including phenoxy) is 1. The first kappa shape index (κ1) is 23.6. The van der Waals surface area contributed by atoms with Crippen LogP contribution in [-0.4, -0.2) is 18.1 Å². The van der Waals surface area contributed by atoms with Crippen LogP contribution in [0.3, 0.4) is 0 Å². The van der Waals surface area contributed by atoms with E-state index in [2.05, 4.69) is 5.09 Å². The first-order valence-electron chi connectivity index (χ1n) is 8.53. The van der Waals surface area contributed by atoms with E-state index >= 15 is 0 Å². The van der Waals surface area contributed by atoms with E-state index in [0.29, 0.717) is 0 Å². The number of rotatable bonds is 8. The van der Waals surface area contributed by atoms with Gasteiger partial charge in [0.15, 0.2) is 0 Å². The van der Waals surface area contributed by atoms with Crippen molar-refractivity contribution < 1.29 is 40.5 Å². The lowest BCUT2D eigenvalue weighted by Gasteiger charge is -2.27. The maximum atomic E-state index is 14.1. The fraction of sp³-hybridized carbons (Fsp3) is 0.278. The van der Waals surface area contributed by atoms with Crippen LogP contribution in [0.2, 0.25) is 0 Å². The van der Waals surface area contributed by atoms with Gasteiger partial charge in [-0.25, -0.2) is 23.4 Å². The van der Waals surface area contributed by atoms with Gasteiger partial charge in [-0.2, -0.15) is 8.78 Å². The number of carbonyl (C=O) groups excluding carboxylic acids is 1. The van der Waals surface area contributed by atoms with E-state index in [1.54, 1.807) is 19.9 Å². The summed E-state index contributed by atoms with van der Waals surface area (Å²) < 4.78 is 83.5. The second-order valence-corrected chi connectivity index (χ2v) is 8.01. The quantitative estimate of drug-likeness (QED) is 0.187. The molecule has 0 saturated carbocycles. The number of halogens is 5. The third-order valence-corrected chi connectivity index (χ3v) is 5.07. The average molecular weight is 452 g/mol. The number of hydrogen-bond donors (Lipinski definition) is 2. The molecule has 0 aliphatic carbocycles. The summed E-state index contributed by atoms with van der Waals surface area (Å²) >= 11 is 0. The van der Waals surface area contributed by atoms with Gasteiger partial charge < -0.3 is 13.8 Å². The van der Waals surface area contributed by atoms with Crippen LogP contribution in [0.15, 0.2) is 30.3 Å². The van der Waals surface area contributed by atoms with Crippen LogP contribution < -0.4 is 14.1 Å². The van der Waals surface area contributed by atoms with Gasteiger partial charge in [-0.15, -0.1) is 0 Å². The van der Waals surface area contributed by atoms with E-state index in [4.69, 9.17) is 18.9 Å². The molecule has 0 fully saturated rings. The molecular weight excluding hydrogens is 434 g/mol. The predicted molar refractivity (Wildman–Crippen MR) is 97.4 cm³/mol. The molecular formula is C18H18F5N2O4P. The molecule has 0 heterocycles. The SMILES string of the molecule is CC(C)OC(=O)[C@@H](C)NP(=N)(Oc1ccccc1)Oc1c(F)c(F)c(F)c(F)c1F. The van der Waals surface area contributed by atoms with Gasteiger partial charge in [-0.05, 0) is 32.9 Å². The van der Waals surface area contributed by atoms with Gasteiger partial charge in [-0.3, -0.25) is 4.79 Å². The van der Waals surface area contributed by atoms with Crippen molar-refractivity contribution in [2.24, 2.45) is 0 Å². The number of esters is 1. The highest BCUT2D eigenvalue weighted by Crippen LogP contribution is 2.48. The Bertz CT molecular complexity index is 946. The molecule has 0 aromatic heterocycles. The van der Waals surface area contributed by atoms with Gasteiger partial charge in [0.05, 0.1) is 6.10 Å². The maximum Gasteiger partial charge on any atom is 0.392 e. The summed E-state index contributed by atoms with van der Waals surface area (Å²) in [6, 6.07) is 6.08. The van der Waals surface area contributed by atoms with Crippen LogP contribution >= 0.6 is 7.66 Å². The minimum atomic E-state index is -4.41. The molecule has 30 heavy (non-hydrogen) atoms. The topological polar surface area (TPSA) is 80.6 Å². The summed E-state index contributed by atoms with van der Waals surface area (Å²) in [6.07, 6.45) is -0.508. The Labute approximate surface area is 169 Å². The molecule has 0 aliphatic heterocycles. The van der Waals surface area contributed by atoms with E-state index < -0.39 is 60.6 Å². The zero-order valence-electron chi connectivity index (χ0n) is 16.0. The third-order valence-electron chi connectivity index (χ3n) is 3.44. The van der Waals surface area contributed by atoms with E-state index in [0.717, 1.165) is 0 Å². The Morgan fingerprint density at radius 1 is 0.900 bits per heavy atom. The maximum absolute atomic E-state index is 14.1. The van der Waals surface area contributed by atoms with Crippen LogP contribution in [0.4, 0.5) is 22.0 Å². The number of nitrogens with one attached hydrogen (secondary N) is 2. The predicted octanol–water partition coefficient (Wildman–Crippen LogP) is 5.29. The van der Waals surface area contributed by atoms with E-state index in [1.165, 1.54) is 31.2 Å². The molecule has 0 aliphatic rings. The lowest BCUT2D eigenvalue weighted by Crippen LogP contribution is -2.36. The summed E-state index contributed by atoms with van der Waals surface area (Å²) in [6.45, 7) is 4.39. The Kier molecular flexibility index (Phi) is 7.44. The molecule has 2 N–H and O–H groups in total. The van der Waals surface area contributed by atoms with Gasteiger partial charge in [-0.1, -0.05) is 18.2 Å². The molecule has 1 unspecified atom stereocenters. The molecule has 0 bridgehead atoms. The monoisotopic (exact) mass is 452 g/mol. The highest BCUT2D eigenvalue weighted by molar-refractivity contribution is 7.53. The van der Waals surface area contributed by atoms with Crippen LogP contribution in [0.1, 0.15) is 20.8 Å². The summed E-state index contributed by atoms with van der Waals surface area (Å²) in [4.78, 5) is 12.0. The fourth-order valence-corrected chi connectivity index (χ4v) is 3.73. The Morgan fingerprint density at radius 3 is 1.90 bits per heavy atom. The van der Waals surface area contributed by atoms with Gasteiger partial charge in [0.2, 0.25) is 34.8 Å². The normalized spacial score (nSPS) is 14.2. The number of hydrogen-bond acceptors (Lipinski definition) is 5. The van der Waals surface area contributed by atoms with Crippen LogP contribution in [0, 0.1) is 34.2 Å². The molecule has 2 atom stereocenters. The van der Waals surface area contributed by atoms with Gasteiger partial charge in [0, 0.05) is 0 Å². The number of benzene rings is 2. The Hall–Kier alpha value is -2.65. The zero-order chi connectivity index (χ0) is 22.6. The second kappa shape index (κ2) is 9.44. The van der Waals surface area contributed by atoms with Crippen LogP contribution in [0.5, 0.6) is 11.5 Å². The van der Waals surface area contributed by atoms with E-state index in [1.807, 2.05) is 0 Å². The first-order valence-corrected chi connectivity index (χ1v) is 10.2. The first-order chi connectivity index (χ1) is 13.9. The van der Waals surface area contributed by atoms with Crippen molar-refractivity contribution in [1.29, 1.82) is 5.16 Å². The van der Waals surface area contributed by atoms with Crippen LogP contribution in [0.25, 0.3) is 0 Å². The molecule has 12 heteroatoms. The van der Waals surface area contributed by atoms with Crippen molar-refractivity contribution >= 4 is 13.6 Å². The van der Waals surface area contributed by atoms with E-state index in [-0.39, 0.29) is 5.75 Å². The van der Waals surface area contributed by atoms with Crippen molar-refractivity contribution in [1.82, 2.24) is 5.09 Å². The van der Waals surface area contributed by atoms with Crippen LogP contribution in [-0.2, 0) is 9.53 Å². The van der Waals surface area contributed by atoms with Gasteiger partial charge in [0.25, 0.3) is 0 Å². The molecule has 164 valence electrons. The summed E-state index contributed by atoms with van der Waals surface area (Å²) in [5.74, 6) is -14.0. The van der Waals surface area contributed by atoms with Crippen molar-refractivity contribution in [3.05, 3.63) is 59.4 Å². The molecule has 0 amide bonds. The molecule has 2 aromatic carbocycles. The molecule has 2 rings (SSSR count). The number of carbonyl (C=O) groups is 1. The van der Waals surface area contributed by atoms with Crippen molar-refractivity contribution in [3.8, 4) is 11.5 Å². The van der Waals surface area contributed by atoms with Gasteiger partial charge >= 0.3 is 13.6 Å². The minimum Gasteiger partial charge on any atom is -0.462 e. The lowest BCUT2D eigenvalue weighted by atomic mass is 10.3. The largest absolute Gasteiger partial charge is 0.462 e. The molecule has 0 radical (unpaired) electrons. The average Bonchev–Trinajstić information content (AvgIpc) is 2.68. The van der Waals surface area contributed by atoms with Gasteiger partial charge in [0.1, 0.15) is 11.8 Å². The molecule has 0 spiro atoms. The second-order valence-electron chi connectivity index (χ2n) is 6.28. The van der Waals surface area contributed by atoms with Crippen molar-refractivity contribution in [3.63, 3.8) is 0 Å². The Morgan fingerprint density at radius 2 is 1.40 bits per heavy atom. The van der Waals surface area contributed by atoms with Crippen molar-refractivity contribution in [2.75, 3.05) is 0 Å². The smallest absolute Gasteiger partial charge is 0.392 e. The number of para-hydroxylation sites is 1. The molecule has 2 aromatic rings. The zero-order valence-corrected chi connectivity index (χ0v) is 16.9. The fourth-order valence-electron chi connectivity index (χ4n) is 2.14. The summed E-state index contributed by atoms with van der Waals surface area (Å²) in [5.41, 5.74) is 0. The van der Waals surface area contributed by atoms with E-state index in [9.17, 15) is 26.7 Å². The minimum absolute atomic E-state index is 0.0124. The Balaban J connectivity index is 2.45. The highest BCUT2D eigenvalue weighted by Gasteiger charge is 2.35. The van der Waals surface area contributed by atoms with Crippen molar-refractivity contribution in [2.45, 2.75) is 32.9 Å². The standard InChI is InChI=1S/C18H18F5N2O4P/c1-9(2)27-18(26)10(3)25-30(24,28-11-7-5-4-6-8-11)29-17-15(22)13(20)12(19)14(21)16(17)23/h4-10H,1-3H3,(H2,24,25)/t10-,30?/m1/s1. The molecule has 6 nitrogen and oxygen atoms in total. The lowest BCUT2D eigenvalue weighted by molar-refractivity contribution is -0.149. The highest BCUT2D eigenvalue weighted by atomic mass is 31.2. The summed E-state index contributed by atoms with van der Waals surface area (Å²) in [5, 5.41) is 10.7. The third kappa shape index (κ3) is 5.48. The summed E-state index contributed by atoms with van der Waals surface area (Å²) in [7, 11) is -4.41.